The zero-order chi connectivity index (χ0) is 14.7. The van der Waals surface area contributed by atoms with Crippen LogP contribution < -0.4 is 16.4 Å². The Kier molecular flexibility index (Phi) is 4.24. The lowest BCUT2D eigenvalue weighted by molar-refractivity contribution is 0.607. The Morgan fingerprint density at radius 2 is 2.24 bits per heavy atom. The number of aryl methyl sites for hydroxylation is 1. The molecule has 0 aliphatic heterocycles. The molecule has 0 spiro atoms. The molecule has 5 nitrogen and oxygen atoms in total. The summed E-state index contributed by atoms with van der Waals surface area (Å²) in [5.41, 5.74) is 7.22. The summed E-state index contributed by atoms with van der Waals surface area (Å²) in [7, 11) is 0. The molecule has 2 heterocycles. The van der Waals surface area contributed by atoms with Crippen LogP contribution in [-0.2, 0) is 6.42 Å². The highest BCUT2D eigenvalue weighted by Gasteiger charge is 2.21. The maximum Gasteiger partial charge on any atom is 0.223 e. The molecule has 21 heavy (non-hydrogen) atoms. The third-order valence-electron chi connectivity index (χ3n) is 3.67. The van der Waals surface area contributed by atoms with E-state index in [0.717, 1.165) is 31.0 Å². The number of rotatable bonds is 5. The Balaban J connectivity index is 1.78. The molecular weight excluding hydrogens is 282 g/mol. The number of nitrogens with one attached hydrogen (secondary N) is 2. The minimum atomic E-state index is 0.306. The van der Waals surface area contributed by atoms with Gasteiger partial charge in [0, 0.05) is 17.5 Å². The molecule has 0 saturated carbocycles. The van der Waals surface area contributed by atoms with Crippen molar-refractivity contribution in [3.05, 3.63) is 28.0 Å². The molecule has 0 fully saturated rings. The van der Waals surface area contributed by atoms with Crippen LogP contribution in [0.1, 0.15) is 42.7 Å². The molecule has 1 aliphatic rings. The summed E-state index contributed by atoms with van der Waals surface area (Å²) in [6.45, 7) is 3.00. The molecule has 1 unspecified atom stereocenters. The summed E-state index contributed by atoms with van der Waals surface area (Å²) in [5, 5.41) is 8.95. The fourth-order valence-electron chi connectivity index (χ4n) is 2.70. The summed E-state index contributed by atoms with van der Waals surface area (Å²) in [5.74, 6) is 1.89. The van der Waals surface area contributed by atoms with Crippen LogP contribution in [0.25, 0.3) is 0 Å². The highest BCUT2D eigenvalue weighted by atomic mass is 32.1. The number of anilines is 3. The molecule has 0 aromatic carbocycles. The van der Waals surface area contributed by atoms with Gasteiger partial charge in [0.2, 0.25) is 5.95 Å². The molecular formula is C15H21N5S. The van der Waals surface area contributed by atoms with E-state index in [4.69, 9.17) is 5.73 Å². The predicted molar refractivity (Wildman–Crippen MR) is 88.8 cm³/mol. The van der Waals surface area contributed by atoms with Crippen LogP contribution in [0.15, 0.2) is 17.5 Å². The summed E-state index contributed by atoms with van der Waals surface area (Å²) < 4.78 is 0. The maximum absolute atomic E-state index is 5.81. The Hall–Kier alpha value is -1.82. The lowest BCUT2D eigenvalue weighted by atomic mass is 9.94. The summed E-state index contributed by atoms with van der Waals surface area (Å²) in [6, 6.07) is 4.48. The van der Waals surface area contributed by atoms with Crippen molar-refractivity contribution in [1.82, 2.24) is 9.97 Å². The van der Waals surface area contributed by atoms with E-state index in [1.807, 2.05) is 17.4 Å². The molecule has 112 valence electrons. The van der Waals surface area contributed by atoms with E-state index >= 15 is 0 Å². The average Bonchev–Trinajstić information content (AvgIpc) is 2.94. The van der Waals surface area contributed by atoms with Gasteiger partial charge in [0.15, 0.2) is 0 Å². The van der Waals surface area contributed by atoms with Crippen molar-refractivity contribution in [3.8, 4) is 0 Å². The first-order valence-corrected chi connectivity index (χ1v) is 8.35. The first-order valence-electron chi connectivity index (χ1n) is 7.47. The quantitative estimate of drug-likeness (QED) is 0.789. The third kappa shape index (κ3) is 3.26. The highest BCUT2D eigenvalue weighted by molar-refractivity contribution is 7.10. The Morgan fingerprint density at radius 3 is 3.10 bits per heavy atom. The van der Waals surface area contributed by atoms with E-state index in [0.29, 0.717) is 12.0 Å². The van der Waals surface area contributed by atoms with Crippen molar-refractivity contribution in [2.24, 2.45) is 0 Å². The Labute approximate surface area is 129 Å². The van der Waals surface area contributed by atoms with Gasteiger partial charge in [-0.3, -0.25) is 0 Å². The number of nitrogens with two attached hydrogens (primary N) is 1. The summed E-state index contributed by atoms with van der Waals surface area (Å²) in [4.78, 5) is 10.0. The van der Waals surface area contributed by atoms with Crippen molar-refractivity contribution < 1.29 is 0 Å². The standard InChI is InChI=1S/C15H21N5S/c1-2-7-17-13-9-14(20-15(16)19-13)18-11-4-3-5-12-10(11)6-8-21-12/h6,8-9,11H,2-5,7H2,1H3,(H4,16,17,18,19,20). The van der Waals surface area contributed by atoms with Gasteiger partial charge >= 0.3 is 0 Å². The van der Waals surface area contributed by atoms with Crippen molar-refractivity contribution >= 4 is 28.9 Å². The fraction of sp³-hybridized carbons (Fsp3) is 0.467. The minimum absolute atomic E-state index is 0.306. The molecule has 2 aromatic rings. The number of fused-ring (bicyclic) bond motifs is 1. The van der Waals surface area contributed by atoms with Crippen LogP contribution in [0.5, 0.6) is 0 Å². The van der Waals surface area contributed by atoms with E-state index in [1.165, 1.54) is 23.3 Å². The third-order valence-corrected chi connectivity index (χ3v) is 4.67. The SMILES string of the molecule is CCCNc1cc(NC2CCCc3sccc32)nc(N)n1. The molecule has 4 N–H and O–H groups in total. The van der Waals surface area contributed by atoms with Gasteiger partial charge in [0.05, 0.1) is 6.04 Å². The first kappa shape index (κ1) is 14.1. The summed E-state index contributed by atoms with van der Waals surface area (Å²) in [6.07, 6.45) is 4.59. The molecule has 0 amide bonds. The zero-order valence-electron chi connectivity index (χ0n) is 12.2. The number of hydrogen-bond donors (Lipinski definition) is 3. The van der Waals surface area contributed by atoms with Gasteiger partial charge < -0.3 is 16.4 Å². The van der Waals surface area contributed by atoms with Crippen molar-refractivity contribution in [2.75, 3.05) is 22.9 Å². The number of thiophene rings is 1. The lowest BCUT2D eigenvalue weighted by Crippen LogP contribution is -2.17. The van der Waals surface area contributed by atoms with Crippen LogP contribution in [0, 0.1) is 0 Å². The molecule has 1 atom stereocenters. The highest BCUT2D eigenvalue weighted by Crippen LogP contribution is 2.35. The van der Waals surface area contributed by atoms with Crippen LogP contribution in [-0.4, -0.2) is 16.5 Å². The van der Waals surface area contributed by atoms with E-state index in [2.05, 4.69) is 39.0 Å². The Morgan fingerprint density at radius 1 is 1.38 bits per heavy atom. The lowest BCUT2D eigenvalue weighted by Gasteiger charge is -2.24. The smallest absolute Gasteiger partial charge is 0.223 e. The van der Waals surface area contributed by atoms with Crippen molar-refractivity contribution in [2.45, 2.75) is 38.6 Å². The van der Waals surface area contributed by atoms with Gasteiger partial charge in [0.1, 0.15) is 11.6 Å². The second-order valence-electron chi connectivity index (χ2n) is 5.31. The molecule has 1 aliphatic carbocycles. The molecule has 3 rings (SSSR count). The van der Waals surface area contributed by atoms with Gasteiger partial charge in [-0.25, -0.2) is 0 Å². The van der Waals surface area contributed by atoms with E-state index in [-0.39, 0.29) is 0 Å². The van der Waals surface area contributed by atoms with Gasteiger partial charge in [-0.2, -0.15) is 9.97 Å². The van der Waals surface area contributed by atoms with E-state index in [9.17, 15) is 0 Å². The van der Waals surface area contributed by atoms with Crippen molar-refractivity contribution in [3.63, 3.8) is 0 Å². The van der Waals surface area contributed by atoms with Crippen LogP contribution >= 0.6 is 11.3 Å². The van der Waals surface area contributed by atoms with Crippen LogP contribution in [0.3, 0.4) is 0 Å². The largest absolute Gasteiger partial charge is 0.370 e. The molecule has 0 radical (unpaired) electrons. The van der Waals surface area contributed by atoms with Gasteiger partial charge in [0.25, 0.3) is 0 Å². The minimum Gasteiger partial charge on any atom is -0.370 e. The molecule has 0 bridgehead atoms. The number of hydrogen-bond acceptors (Lipinski definition) is 6. The molecule has 6 heteroatoms. The summed E-state index contributed by atoms with van der Waals surface area (Å²) >= 11 is 1.85. The number of aromatic nitrogens is 2. The van der Waals surface area contributed by atoms with E-state index in [1.54, 1.807) is 0 Å². The van der Waals surface area contributed by atoms with E-state index < -0.39 is 0 Å². The first-order chi connectivity index (χ1) is 10.3. The Bertz CT molecular complexity index is 610. The molecule has 0 saturated heterocycles. The molecule has 2 aromatic heterocycles. The second-order valence-corrected chi connectivity index (χ2v) is 6.31. The fourth-order valence-corrected chi connectivity index (χ4v) is 3.69. The van der Waals surface area contributed by atoms with Crippen LogP contribution in [0.2, 0.25) is 0 Å². The second kappa shape index (κ2) is 6.30. The van der Waals surface area contributed by atoms with Gasteiger partial charge in [-0.15, -0.1) is 11.3 Å². The van der Waals surface area contributed by atoms with Crippen LogP contribution in [0.4, 0.5) is 17.6 Å². The number of nitrogen functional groups attached to an aromatic ring is 1. The van der Waals surface area contributed by atoms with Crippen molar-refractivity contribution in [1.29, 1.82) is 0 Å². The van der Waals surface area contributed by atoms with Gasteiger partial charge in [-0.05, 0) is 42.7 Å². The van der Waals surface area contributed by atoms with Gasteiger partial charge in [-0.1, -0.05) is 6.92 Å². The number of nitrogens with zero attached hydrogens (tertiary/aromatic N) is 2. The zero-order valence-corrected chi connectivity index (χ0v) is 13.0. The predicted octanol–water partition coefficient (Wildman–Crippen LogP) is 3.43. The average molecular weight is 303 g/mol. The topological polar surface area (TPSA) is 75.9 Å². The monoisotopic (exact) mass is 303 g/mol. The maximum atomic E-state index is 5.81. The normalized spacial score (nSPS) is 17.3.